The predicted octanol–water partition coefficient (Wildman–Crippen LogP) is 4.87. The van der Waals surface area contributed by atoms with Gasteiger partial charge in [-0.25, -0.2) is 14.5 Å². The highest BCUT2D eigenvalue weighted by Crippen LogP contribution is 2.40. The van der Waals surface area contributed by atoms with Crippen LogP contribution in [-0.2, 0) is 4.74 Å². The van der Waals surface area contributed by atoms with E-state index in [4.69, 9.17) is 9.72 Å². The molecular weight excluding hydrogens is 462 g/mol. The first kappa shape index (κ1) is 24.4. The number of hydrogen-bond donors (Lipinski definition) is 1. The van der Waals surface area contributed by atoms with Crippen LogP contribution in [0.3, 0.4) is 0 Å². The standard InChI is InChI=1S/C29H39N7O/c1-18(2)25-26-21(5)28(35-10-8-34(9-11-35)15-22-6-12-37-13-7-22)30-14-24(26)33-27(25)23-16-36-29(31-17-32-36)20(4)19(23)3/h14,16-18,22,33H,6-13,15H2,1-5H3. The second-order valence-electron chi connectivity index (χ2n) is 11.2. The fourth-order valence-electron chi connectivity index (χ4n) is 6.37. The summed E-state index contributed by atoms with van der Waals surface area (Å²) in [5, 5.41) is 5.75. The van der Waals surface area contributed by atoms with E-state index in [9.17, 15) is 0 Å². The lowest BCUT2D eigenvalue weighted by atomic mass is 9.92. The number of pyridine rings is 2. The van der Waals surface area contributed by atoms with E-state index in [1.165, 1.54) is 52.7 Å². The molecule has 2 aliphatic heterocycles. The van der Waals surface area contributed by atoms with Gasteiger partial charge in [0, 0.05) is 68.6 Å². The minimum atomic E-state index is 0.361. The van der Waals surface area contributed by atoms with Crippen LogP contribution in [-0.4, -0.2) is 75.4 Å². The quantitative estimate of drug-likeness (QED) is 0.421. The Morgan fingerprint density at radius 2 is 1.76 bits per heavy atom. The van der Waals surface area contributed by atoms with Gasteiger partial charge in [0.25, 0.3) is 0 Å². The Kier molecular flexibility index (Phi) is 6.41. The van der Waals surface area contributed by atoms with Crippen molar-refractivity contribution >= 4 is 22.4 Å². The topological polar surface area (TPSA) is 74.6 Å². The van der Waals surface area contributed by atoms with Crippen molar-refractivity contribution in [3.8, 4) is 11.3 Å². The van der Waals surface area contributed by atoms with E-state index in [0.29, 0.717) is 5.92 Å². The molecule has 0 unspecified atom stereocenters. The van der Waals surface area contributed by atoms with Crippen molar-refractivity contribution in [1.82, 2.24) is 29.5 Å². The summed E-state index contributed by atoms with van der Waals surface area (Å²) in [7, 11) is 0. The highest BCUT2D eigenvalue weighted by Gasteiger charge is 2.26. The Labute approximate surface area is 219 Å². The molecular formula is C29H39N7O. The first-order valence-corrected chi connectivity index (χ1v) is 13.8. The van der Waals surface area contributed by atoms with E-state index in [1.807, 2.05) is 10.7 Å². The number of nitrogens with one attached hydrogen (secondary N) is 1. The summed E-state index contributed by atoms with van der Waals surface area (Å²) in [5.74, 6) is 2.28. The van der Waals surface area contributed by atoms with Gasteiger partial charge in [-0.05, 0) is 62.1 Å². The number of hydrogen-bond acceptors (Lipinski definition) is 6. The molecule has 0 spiro atoms. The molecule has 37 heavy (non-hydrogen) atoms. The average molecular weight is 502 g/mol. The fourth-order valence-corrected chi connectivity index (χ4v) is 6.37. The molecule has 2 saturated heterocycles. The van der Waals surface area contributed by atoms with Crippen LogP contribution in [0.2, 0.25) is 0 Å². The SMILES string of the molecule is Cc1c(-c2[nH]c3cnc(N4CCN(CC5CCOCC5)CC4)c(C)c3c2C(C)C)cn2ncnc2c1C. The van der Waals surface area contributed by atoms with Crippen molar-refractivity contribution < 1.29 is 4.74 Å². The normalized spacial score (nSPS) is 18.1. The van der Waals surface area contributed by atoms with Gasteiger partial charge in [-0.2, -0.15) is 5.10 Å². The van der Waals surface area contributed by atoms with E-state index in [2.05, 4.69) is 65.7 Å². The van der Waals surface area contributed by atoms with Crippen LogP contribution >= 0.6 is 0 Å². The van der Waals surface area contributed by atoms with Crippen LogP contribution in [0.5, 0.6) is 0 Å². The highest BCUT2D eigenvalue weighted by atomic mass is 16.5. The van der Waals surface area contributed by atoms with Gasteiger partial charge in [-0.15, -0.1) is 0 Å². The predicted molar refractivity (Wildman–Crippen MR) is 149 cm³/mol. The maximum atomic E-state index is 5.55. The largest absolute Gasteiger partial charge is 0.381 e. The van der Waals surface area contributed by atoms with Gasteiger partial charge in [0.15, 0.2) is 5.65 Å². The Balaban J connectivity index is 1.33. The third-order valence-corrected chi connectivity index (χ3v) is 8.60. The molecule has 6 rings (SSSR count). The molecule has 0 aliphatic carbocycles. The Morgan fingerprint density at radius 1 is 1.00 bits per heavy atom. The van der Waals surface area contributed by atoms with Crippen LogP contribution < -0.4 is 4.90 Å². The number of fused-ring (bicyclic) bond motifs is 2. The summed E-state index contributed by atoms with van der Waals surface area (Å²) in [6.07, 6.45) is 8.19. The zero-order valence-electron chi connectivity index (χ0n) is 22.8. The molecule has 8 nitrogen and oxygen atoms in total. The van der Waals surface area contributed by atoms with Crippen molar-refractivity contribution in [2.45, 2.75) is 53.4 Å². The van der Waals surface area contributed by atoms with E-state index < -0.39 is 0 Å². The molecule has 0 radical (unpaired) electrons. The van der Waals surface area contributed by atoms with Crippen molar-refractivity contribution in [2.75, 3.05) is 50.8 Å². The van der Waals surface area contributed by atoms with Gasteiger partial charge in [0.05, 0.1) is 17.4 Å². The van der Waals surface area contributed by atoms with Gasteiger partial charge in [-0.1, -0.05) is 13.8 Å². The summed E-state index contributed by atoms with van der Waals surface area (Å²) in [4.78, 5) is 18.3. The summed E-state index contributed by atoms with van der Waals surface area (Å²) in [6, 6.07) is 0. The van der Waals surface area contributed by atoms with Crippen LogP contribution in [0.25, 0.3) is 27.8 Å². The van der Waals surface area contributed by atoms with Crippen molar-refractivity contribution in [2.24, 2.45) is 5.92 Å². The lowest BCUT2D eigenvalue weighted by molar-refractivity contribution is 0.0517. The summed E-state index contributed by atoms with van der Waals surface area (Å²) < 4.78 is 7.44. The van der Waals surface area contributed by atoms with Crippen LogP contribution in [0.1, 0.15) is 54.9 Å². The number of rotatable bonds is 5. The third-order valence-electron chi connectivity index (χ3n) is 8.60. The molecule has 196 valence electrons. The van der Waals surface area contributed by atoms with Gasteiger partial charge >= 0.3 is 0 Å². The van der Waals surface area contributed by atoms with Crippen molar-refractivity contribution in [3.63, 3.8) is 0 Å². The van der Waals surface area contributed by atoms with Gasteiger partial charge in [0.1, 0.15) is 12.1 Å². The number of nitrogens with zero attached hydrogens (tertiary/aromatic N) is 6. The molecule has 2 aliphatic rings. The van der Waals surface area contributed by atoms with Crippen LogP contribution in [0.15, 0.2) is 18.7 Å². The van der Waals surface area contributed by atoms with Crippen LogP contribution in [0, 0.1) is 26.7 Å². The smallest absolute Gasteiger partial charge is 0.158 e. The van der Waals surface area contributed by atoms with E-state index in [-0.39, 0.29) is 0 Å². The lowest BCUT2D eigenvalue weighted by Crippen LogP contribution is -2.48. The Hall–Kier alpha value is -2.97. The van der Waals surface area contributed by atoms with E-state index in [1.54, 1.807) is 6.33 Å². The molecule has 4 aromatic rings. The van der Waals surface area contributed by atoms with E-state index >= 15 is 0 Å². The molecule has 8 heteroatoms. The number of aromatic amines is 1. The highest BCUT2D eigenvalue weighted by molar-refractivity contribution is 5.96. The van der Waals surface area contributed by atoms with Crippen molar-refractivity contribution in [3.05, 3.63) is 41.0 Å². The molecule has 6 heterocycles. The summed E-state index contributed by atoms with van der Waals surface area (Å²) in [5.41, 5.74) is 9.41. The molecule has 0 atom stereocenters. The number of piperazine rings is 1. The summed E-state index contributed by atoms with van der Waals surface area (Å²) >= 11 is 0. The first-order valence-electron chi connectivity index (χ1n) is 13.8. The second kappa shape index (κ2) is 9.72. The van der Waals surface area contributed by atoms with Gasteiger partial charge < -0.3 is 14.6 Å². The minimum absolute atomic E-state index is 0.361. The summed E-state index contributed by atoms with van der Waals surface area (Å²) in [6.45, 7) is 18.5. The molecule has 2 fully saturated rings. The number of ether oxygens (including phenoxy) is 1. The average Bonchev–Trinajstić information content (AvgIpc) is 3.53. The van der Waals surface area contributed by atoms with Gasteiger partial charge in [-0.3, -0.25) is 4.90 Å². The maximum Gasteiger partial charge on any atom is 0.158 e. The third kappa shape index (κ3) is 4.30. The number of anilines is 1. The zero-order chi connectivity index (χ0) is 25.7. The molecule has 4 aromatic heterocycles. The first-order chi connectivity index (χ1) is 17.9. The molecule has 0 aromatic carbocycles. The lowest BCUT2D eigenvalue weighted by Gasteiger charge is -2.38. The molecule has 0 bridgehead atoms. The fraction of sp³-hybridized carbons (Fsp3) is 0.552. The molecule has 1 N–H and O–H groups in total. The molecule has 0 saturated carbocycles. The Bertz CT molecular complexity index is 1420. The number of aryl methyl sites for hydroxylation is 2. The maximum absolute atomic E-state index is 5.55. The number of H-pyrrole nitrogens is 1. The second-order valence-corrected chi connectivity index (χ2v) is 11.2. The van der Waals surface area contributed by atoms with Gasteiger partial charge in [0.2, 0.25) is 0 Å². The van der Waals surface area contributed by atoms with Crippen LogP contribution in [0.4, 0.5) is 5.82 Å². The zero-order valence-corrected chi connectivity index (χ0v) is 22.8. The number of aromatic nitrogens is 5. The molecule has 0 amide bonds. The van der Waals surface area contributed by atoms with Crippen molar-refractivity contribution in [1.29, 1.82) is 0 Å². The minimum Gasteiger partial charge on any atom is -0.381 e. The van der Waals surface area contributed by atoms with E-state index in [0.717, 1.165) is 67.9 Å². The Morgan fingerprint density at radius 3 is 2.49 bits per heavy atom. The monoisotopic (exact) mass is 501 g/mol.